The summed E-state index contributed by atoms with van der Waals surface area (Å²) in [4.78, 5) is 28.8. The van der Waals surface area contributed by atoms with Crippen molar-refractivity contribution in [2.24, 2.45) is 0 Å². The summed E-state index contributed by atoms with van der Waals surface area (Å²) in [7, 11) is 2.13. The fourth-order valence-corrected chi connectivity index (χ4v) is 3.25. The molecule has 1 fully saturated rings. The van der Waals surface area contributed by atoms with Gasteiger partial charge in [-0.2, -0.15) is 0 Å². The van der Waals surface area contributed by atoms with Crippen molar-refractivity contribution in [1.29, 1.82) is 0 Å². The van der Waals surface area contributed by atoms with Crippen molar-refractivity contribution in [2.45, 2.75) is 13.3 Å². The highest BCUT2D eigenvalue weighted by atomic mass is 16.2. The van der Waals surface area contributed by atoms with Crippen molar-refractivity contribution >= 4 is 23.2 Å². The summed E-state index contributed by atoms with van der Waals surface area (Å²) in [5.74, 6) is -0.389. The van der Waals surface area contributed by atoms with Gasteiger partial charge in [-0.05, 0) is 49.4 Å². The predicted molar refractivity (Wildman–Crippen MR) is 113 cm³/mol. The maximum Gasteiger partial charge on any atom is 0.243 e. The molecule has 1 heterocycles. The van der Waals surface area contributed by atoms with Gasteiger partial charge in [-0.1, -0.05) is 24.3 Å². The van der Waals surface area contributed by atoms with Gasteiger partial charge in [0.1, 0.15) is 0 Å². The molecule has 0 saturated carbocycles. The molecule has 1 saturated heterocycles. The summed E-state index contributed by atoms with van der Waals surface area (Å²) >= 11 is 0. The van der Waals surface area contributed by atoms with E-state index in [4.69, 9.17) is 0 Å². The van der Waals surface area contributed by atoms with Crippen LogP contribution < -0.4 is 15.5 Å². The topological polar surface area (TPSA) is 64.7 Å². The molecule has 2 aromatic rings. The molecule has 3 rings (SSSR count). The summed E-state index contributed by atoms with van der Waals surface area (Å²) in [6.07, 6.45) is 0.277. The average molecular weight is 380 g/mol. The monoisotopic (exact) mass is 380 g/mol. The van der Waals surface area contributed by atoms with E-state index in [0.29, 0.717) is 0 Å². The van der Waals surface area contributed by atoms with Crippen molar-refractivity contribution < 1.29 is 9.59 Å². The van der Waals surface area contributed by atoms with Crippen LogP contribution in [-0.4, -0.2) is 56.5 Å². The molecule has 6 heteroatoms. The van der Waals surface area contributed by atoms with Crippen molar-refractivity contribution in [1.82, 2.24) is 10.2 Å². The second-order valence-corrected chi connectivity index (χ2v) is 7.27. The molecule has 1 aliphatic heterocycles. The zero-order chi connectivity index (χ0) is 19.9. The molecule has 2 aromatic carbocycles. The molecule has 2 N–H and O–H groups in total. The number of piperazine rings is 1. The maximum absolute atomic E-state index is 12.1. The van der Waals surface area contributed by atoms with Gasteiger partial charge in [0.15, 0.2) is 0 Å². The molecule has 0 unspecified atom stereocenters. The third kappa shape index (κ3) is 5.57. The zero-order valence-electron chi connectivity index (χ0n) is 16.6. The normalized spacial score (nSPS) is 14.6. The van der Waals surface area contributed by atoms with Gasteiger partial charge in [-0.25, -0.2) is 0 Å². The van der Waals surface area contributed by atoms with E-state index < -0.39 is 0 Å². The first kappa shape index (κ1) is 19.9. The van der Waals surface area contributed by atoms with Crippen LogP contribution in [0.4, 0.5) is 11.4 Å². The standard InChI is InChI=1S/C22H28N4O2/c1-17-5-3-4-6-18(17)15-21(27)23-16-22(28)24-19-7-9-20(10-8-19)26-13-11-25(2)12-14-26/h3-10H,11-16H2,1-2H3,(H,23,27)(H,24,28). The van der Waals surface area contributed by atoms with Gasteiger partial charge in [-0.3, -0.25) is 9.59 Å². The Kier molecular flexibility index (Phi) is 6.66. The minimum atomic E-state index is -0.231. The van der Waals surface area contributed by atoms with E-state index in [1.807, 2.05) is 55.5 Å². The number of nitrogens with one attached hydrogen (secondary N) is 2. The molecular weight excluding hydrogens is 352 g/mol. The van der Waals surface area contributed by atoms with Crippen LogP contribution in [0.1, 0.15) is 11.1 Å². The van der Waals surface area contributed by atoms with E-state index in [1.165, 1.54) is 0 Å². The highest BCUT2D eigenvalue weighted by Crippen LogP contribution is 2.19. The van der Waals surface area contributed by atoms with Crippen LogP contribution in [0.5, 0.6) is 0 Å². The number of nitrogens with zero attached hydrogens (tertiary/aromatic N) is 2. The Bertz CT molecular complexity index is 812. The smallest absolute Gasteiger partial charge is 0.243 e. The van der Waals surface area contributed by atoms with Crippen LogP contribution in [-0.2, 0) is 16.0 Å². The average Bonchev–Trinajstić information content (AvgIpc) is 2.69. The largest absolute Gasteiger partial charge is 0.369 e. The number of aryl methyl sites for hydroxylation is 1. The predicted octanol–water partition coefficient (Wildman–Crippen LogP) is 2.04. The molecule has 2 amide bonds. The van der Waals surface area contributed by atoms with Crippen LogP contribution in [0, 0.1) is 6.92 Å². The minimum Gasteiger partial charge on any atom is -0.369 e. The first-order valence-electron chi connectivity index (χ1n) is 9.66. The molecule has 0 bridgehead atoms. The molecule has 0 atom stereocenters. The number of hydrogen-bond acceptors (Lipinski definition) is 4. The van der Waals surface area contributed by atoms with Crippen LogP contribution in [0.3, 0.4) is 0 Å². The SMILES string of the molecule is Cc1ccccc1CC(=O)NCC(=O)Nc1ccc(N2CCN(C)CC2)cc1. The van der Waals surface area contributed by atoms with Gasteiger partial charge in [0, 0.05) is 37.6 Å². The Morgan fingerprint density at radius 2 is 1.61 bits per heavy atom. The number of rotatable bonds is 6. The zero-order valence-corrected chi connectivity index (χ0v) is 16.6. The van der Waals surface area contributed by atoms with Gasteiger partial charge in [0.05, 0.1) is 13.0 Å². The van der Waals surface area contributed by atoms with E-state index in [-0.39, 0.29) is 24.8 Å². The summed E-state index contributed by atoms with van der Waals surface area (Å²) in [6.45, 7) is 6.07. The summed E-state index contributed by atoms with van der Waals surface area (Å²) < 4.78 is 0. The lowest BCUT2D eigenvalue weighted by Gasteiger charge is -2.34. The second-order valence-electron chi connectivity index (χ2n) is 7.27. The van der Waals surface area contributed by atoms with E-state index in [9.17, 15) is 9.59 Å². The first-order valence-corrected chi connectivity index (χ1v) is 9.66. The van der Waals surface area contributed by atoms with Crippen LogP contribution in [0.2, 0.25) is 0 Å². The highest BCUT2D eigenvalue weighted by Gasteiger charge is 2.14. The first-order chi connectivity index (χ1) is 13.5. The maximum atomic E-state index is 12.1. The van der Waals surface area contributed by atoms with Gasteiger partial charge in [0.2, 0.25) is 11.8 Å². The Hall–Kier alpha value is -2.86. The fourth-order valence-electron chi connectivity index (χ4n) is 3.25. The van der Waals surface area contributed by atoms with E-state index in [1.54, 1.807) is 0 Å². The number of benzene rings is 2. The van der Waals surface area contributed by atoms with Gasteiger partial charge in [0.25, 0.3) is 0 Å². The number of anilines is 2. The molecule has 0 radical (unpaired) electrons. The molecule has 1 aliphatic rings. The second kappa shape index (κ2) is 9.37. The summed E-state index contributed by atoms with van der Waals surface area (Å²) in [5.41, 5.74) is 3.94. The lowest BCUT2D eigenvalue weighted by atomic mass is 10.1. The number of amides is 2. The quantitative estimate of drug-likeness (QED) is 0.805. The lowest BCUT2D eigenvalue weighted by Crippen LogP contribution is -2.44. The third-order valence-electron chi connectivity index (χ3n) is 5.08. The molecule has 0 spiro atoms. The fraction of sp³-hybridized carbons (Fsp3) is 0.364. The highest BCUT2D eigenvalue weighted by molar-refractivity contribution is 5.94. The van der Waals surface area contributed by atoms with Crippen molar-refractivity contribution in [2.75, 3.05) is 50.0 Å². The molecular formula is C22H28N4O2. The summed E-state index contributed by atoms with van der Waals surface area (Å²) in [6, 6.07) is 15.6. The van der Waals surface area contributed by atoms with Gasteiger partial charge >= 0.3 is 0 Å². The molecule has 0 aromatic heterocycles. The number of carbonyl (C=O) groups is 2. The van der Waals surface area contributed by atoms with E-state index in [2.05, 4.69) is 27.5 Å². The molecule has 28 heavy (non-hydrogen) atoms. The number of likely N-dealkylation sites (N-methyl/N-ethyl adjacent to an activating group) is 1. The van der Waals surface area contributed by atoms with Crippen LogP contribution in [0.15, 0.2) is 48.5 Å². The Balaban J connectivity index is 1.44. The molecule has 0 aliphatic carbocycles. The lowest BCUT2D eigenvalue weighted by molar-refractivity contribution is -0.123. The van der Waals surface area contributed by atoms with Crippen molar-refractivity contribution in [3.8, 4) is 0 Å². The van der Waals surface area contributed by atoms with Crippen LogP contribution >= 0.6 is 0 Å². The summed E-state index contributed by atoms with van der Waals surface area (Å²) in [5, 5.41) is 5.51. The Morgan fingerprint density at radius 3 is 2.29 bits per heavy atom. The number of hydrogen-bond donors (Lipinski definition) is 2. The van der Waals surface area contributed by atoms with Gasteiger partial charge in [-0.15, -0.1) is 0 Å². The van der Waals surface area contributed by atoms with Gasteiger partial charge < -0.3 is 20.4 Å². The Morgan fingerprint density at radius 1 is 0.929 bits per heavy atom. The van der Waals surface area contributed by atoms with Crippen LogP contribution in [0.25, 0.3) is 0 Å². The van der Waals surface area contributed by atoms with E-state index in [0.717, 1.165) is 48.7 Å². The van der Waals surface area contributed by atoms with E-state index >= 15 is 0 Å². The minimum absolute atomic E-state index is 0.0368. The van der Waals surface area contributed by atoms with Crippen molar-refractivity contribution in [3.63, 3.8) is 0 Å². The number of carbonyl (C=O) groups excluding carboxylic acids is 2. The molecule has 6 nitrogen and oxygen atoms in total. The third-order valence-corrected chi connectivity index (χ3v) is 5.08. The van der Waals surface area contributed by atoms with Crippen molar-refractivity contribution in [3.05, 3.63) is 59.7 Å². The Labute approximate surface area is 166 Å². The molecule has 148 valence electrons.